The van der Waals surface area contributed by atoms with Crippen molar-refractivity contribution in [1.29, 1.82) is 0 Å². The number of nitrogens with zero attached hydrogens (tertiary/aromatic N) is 2. The smallest absolute Gasteiger partial charge is 0.236 e. The molecule has 102 valence electrons. The zero-order chi connectivity index (χ0) is 13.3. The van der Waals surface area contributed by atoms with Crippen LogP contribution < -0.4 is 5.73 Å². The highest BCUT2D eigenvalue weighted by Gasteiger charge is 2.51. The first-order valence-corrected chi connectivity index (χ1v) is 6.80. The Hall–Kier alpha value is -1.26. The van der Waals surface area contributed by atoms with E-state index in [1.54, 1.807) is 0 Å². The zero-order valence-corrected chi connectivity index (χ0v) is 11.2. The van der Waals surface area contributed by atoms with Crippen molar-refractivity contribution < 1.29 is 10.0 Å². The Kier molecular flexibility index (Phi) is 3.50. The molecule has 2 fully saturated rings. The summed E-state index contributed by atoms with van der Waals surface area (Å²) in [6, 6.07) is 0.255. The van der Waals surface area contributed by atoms with E-state index in [1.807, 2.05) is 4.90 Å². The van der Waals surface area contributed by atoms with E-state index >= 15 is 0 Å². The molecule has 0 radical (unpaired) electrons. The van der Waals surface area contributed by atoms with Gasteiger partial charge >= 0.3 is 0 Å². The number of rotatable bonds is 2. The van der Waals surface area contributed by atoms with Crippen LogP contribution in [0, 0.1) is 11.3 Å². The Bertz CT molecular complexity index is 363. The van der Waals surface area contributed by atoms with Crippen molar-refractivity contribution in [2.75, 3.05) is 6.54 Å². The zero-order valence-electron chi connectivity index (χ0n) is 11.2. The van der Waals surface area contributed by atoms with Gasteiger partial charge in [-0.15, -0.1) is 0 Å². The van der Waals surface area contributed by atoms with Gasteiger partial charge in [0.2, 0.25) is 5.91 Å². The quantitative estimate of drug-likeness (QED) is 0.339. The van der Waals surface area contributed by atoms with Crippen molar-refractivity contribution >= 4 is 11.7 Å². The lowest BCUT2D eigenvalue weighted by molar-refractivity contribution is -0.146. The number of carbonyl (C=O) groups excluding carboxylic acids is 1. The summed E-state index contributed by atoms with van der Waals surface area (Å²) in [4.78, 5) is 14.6. The molecule has 2 atom stereocenters. The fourth-order valence-electron chi connectivity index (χ4n) is 3.19. The second-order valence-corrected chi connectivity index (χ2v) is 5.90. The molecule has 1 amide bonds. The van der Waals surface area contributed by atoms with Gasteiger partial charge in [-0.1, -0.05) is 18.5 Å². The van der Waals surface area contributed by atoms with Gasteiger partial charge in [0.1, 0.15) is 5.41 Å². The summed E-state index contributed by atoms with van der Waals surface area (Å²) >= 11 is 0. The molecular formula is C13H23N3O2. The average Bonchev–Trinajstić information content (AvgIpc) is 2.26. The number of amides is 1. The van der Waals surface area contributed by atoms with Crippen LogP contribution >= 0.6 is 0 Å². The van der Waals surface area contributed by atoms with Gasteiger partial charge in [0.05, 0.1) is 0 Å². The number of hydrogen-bond donors (Lipinski definition) is 2. The monoisotopic (exact) mass is 253 g/mol. The van der Waals surface area contributed by atoms with Crippen molar-refractivity contribution in [2.45, 2.75) is 52.0 Å². The highest BCUT2D eigenvalue weighted by atomic mass is 16.4. The summed E-state index contributed by atoms with van der Waals surface area (Å²) in [6.07, 6.45) is 4.47. The van der Waals surface area contributed by atoms with Gasteiger partial charge < -0.3 is 15.8 Å². The molecular weight excluding hydrogens is 230 g/mol. The fraction of sp³-hybridized carbons (Fsp3) is 0.846. The lowest BCUT2D eigenvalue weighted by atomic mass is 9.66. The van der Waals surface area contributed by atoms with Crippen LogP contribution in [0.3, 0.4) is 0 Å². The summed E-state index contributed by atoms with van der Waals surface area (Å²) in [6.45, 7) is 5.11. The van der Waals surface area contributed by atoms with Crippen LogP contribution in [0.15, 0.2) is 5.16 Å². The average molecular weight is 253 g/mol. The van der Waals surface area contributed by atoms with Crippen LogP contribution in [0.4, 0.5) is 0 Å². The summed E-state index contributed by atoms with van der Waals surface area (Å²) in [5.41, 5.74) is 5.03. The lowest BCUT2D eigenvalue weighted by Gasteiger charge is -2.46. The minimum atomic E-state index is -0.719. The first-order chi connectivity index (χ1) is 8.51. The van der Waals surface area contributed by atoms with E-state index in [2.05, 4.69) is 19.0 Å². The minimum absolute atomic E-state index is 0.0588. The first kappa shape index (κ1) is 13.2. The summed E-state index contributed by atoms with van der Waals surface area (Å²) in [5.74, 6) is 0.818. The standard InChI is InChI=1S/C13H23N3O2/c1-9-4-7-16(10(2)8-9)12(17)13(5-3-6-13)11(14)15-18/h9-10,18H,3-8H2,1-2H3,(H2,14,15). The number of hydrogen-bond acceptors (Lipinski definition) is 3. The fourth-order valence-corrected chi connectivity index (χ4v) is 3.19. The molecule has 18 heavy (non-hydrogen) atoms. The maximum absolute atomic E-state index is 12.7. The third kappa shape index (κ3) is 1.95. The third-order valence-electron chi connectivity index (χ3n) is 4.61. The summed E-state index contributed by atoms with van der Waals surface area (Å²) in [7, 11) is 0. The van der Waals surface area contributed by atoms with Crippen LogP contribution in [0.5, 0.6) is 0 Å². The second kappa shape index (κ2) is 4.78. The van der Waals surface area contributed by atoms with Crippen molar-refractivity contribution in [3.63, 3.8) is 0 Å². The minimum Gasteiger partial charge on any atom is -0.409 e. The molecule has 1 aliphatic heterocycles. The van der Waals surface area contributed by atoms with Crippen molar-refractivity contribution in [1.82, 2.24) is 4.90 Å². The Labute approximate surface area is 108 Å². The van der Waals surface area contributed by atoms with Gasteiger partial charge in [-0.05, 0) is 38.5 Å². The Morgan fingerprint density at radius 1 is 1.44 bits per heavy atom. The van der Waals surface area contributed by atoms with Crippen molar-refractivity contribution in [2.24, 2.45) is 22.2 Å². The molecule has 3 N–H and O–H groups in total. The number of likely N-dealkylation sites (tertiary alicyclic amines) is 1. The van der Waals surface area contributed by atoms with Crippen LogP contribution in [0.25, 0.3) is 0 Å². The van der Waals surface area contributed by atoms with Crippen molar-refractivity contribution in [3.8, 4) is 0 Å². The molecule has 1 aliphatic carbocycles. The molecule has 1 saturated heterocycles. The number of nitrogens with two attached hydrogens (primary N) is 1. The molecule has 1 saturated carbocycles. The molecule has 2 rings (SSSR count). The molecule has 5 heteroatoms. The van der Waals surface area contributed by atoms with Gasteiger partial charge in [0, 0.05) is 12.6 Å². The molecule has 2 aliphatic rings. The van der Waals surface area contributed by atoms with E-state index in [0.717, 1.165) is 25.8 Å². The topological polar surface area (TPSA) is 78.9 Å². The van der Waals surface area contributed by atoms with Gasteiger partial charge in [0.15, 0.2) is 5.84 Å². The SMILES string of the molecule is CC1CCN(C(=O)C2(C(N)=NO)CCC2)C(C)C1. The first-order valence-electron chi connectivity index (χ1n) is 6.80. The molecule has 0 aromatic carbocycles. The predicted molar refractivity (Wildman–Crippen MR) is 69.3 cm³/mol. The number of oxime groups is 1. The largest absolute Gasteiger partial charge is 0.409 e. The molecule has 0 aromatic rings. The number of piperidine rings is 1. The van der Waals surface area contributed by atoms with Gasteiger partial charge in [-0.25, -0.2) is 0 Å². The maximum atomic E-state index is 12.7. The van der Waals surface area contributed by atoms with E-state index in [-0.39, 0.29) is 17.8 Å². The molecule has 0 aromatic heterocycles. The molecule has 2 unspecified atom stereocenters. The Balaban J connectivity index is 2.15. The maximum Gasteiger partial charge on any atom is 0.236 e. The Morgan fingerprint density at radius 3 is 2.56 bits per heavy atom. The molecule has 0 bridgehead atoms. The predicted octanol–water partition coefficient (Wildman–Crippen LogP) is 1.55. The number of amidine groups is 1. The molecule has 5 nitrogen and oxygen atoms in total. The van der Waals surface area contributed by atoms with Crippen LogP contribution in [-0.2, 0) is 4.79 Å². The molecule has 0 spiro atoms. The highest BCUT2D eigenvalue weighted by molar-refractivity contribution is 6.07. The van der Waals surface area contributed by atoms with E-state index in [1.165, 1.54) is 0 Å². The van der Waals surface area contributed by atoms with E-state index < -0.39 is 5.41 Å². The van der Waals surface area contributed by atoms with E-state index in [4.69, 9.17) is 10.9 Å². The lowest BCUT2D eigenvalue weighted by Crippen LogP contribution is -2.58. The van der Waals surface area contributed by atoms with E-state index in [0.29, 0.717) is 18.8 Å². The van der Waals surface area contributed by atoms with Gasteiger partial charge in [0.25, 0.3) is 0 Å². The summed E-state index contributed by atoms with van der Waals surface area (Å²) < 4.78 is 0. The van der Waals surface area contributed by atoms with Gasteiger partial charge in [-0.2, -0.15) is 0 Å². The third-order valence-corrected chi connectivity index (χ3v) is 4.61. The van der Waals surface area contributed by atoms with Crippen LogP contribution in [0.1, 0.15) is 46.0 Å². The Morgan fingerprint density at radius 2 is 2.11 bits per heavy atom. The normalized spacial score (nSPS) is 31.9. The second-order valence-electron chi connectivity index (χ2n) is 5.90. The van der Waals surface area contributed by atoms with Crippen molar-refractivity contribution in [3.05, 3.63) is 0 Å². The van der Waals surface area contributed by atoms with Crippen LogP contribution in [-0.4, -0.2) is 34.4 Å². The van der Waals surface area contributed by atoms with Gasteiger partial charge in [-0.3, -0.25) is 4.79 Å². The summed E-state index contributed by atoms with van der Waals surface area (Å²) in [5, 5.41) is 12.0. The van der Waals surface area contributed by atoms with Crippen LogP contribution in [0.2, 0.25) is 0 Å². The van der Waals surface area contributed by atoms with E-state index in [9.17, 15) is 4.79 Å². The molecule has 1 heterocycles. The number of carbonyl (C=O) groups is 1. The highest BCUT2D eigenvalue weighted by Crippen LogP contribution is 2.44.